The molecule has 1 aromatic carbocycles. The summed E-state index contributed by atoms with van der Waals surface area (Å²) in [5.74, 6) is 0. The lowest BCUT2D eigenvalue weighted by atomic mass is 10.2. The number of hydrogen-bond donors (Lipinski definition) is 0. The van der Waals surface area contributed by atoms with E-state index >= 15 is 0 Å². The standard InChI is InChI=1S/C13H16N2O2/c16-13-15(8-9-17-13)12-5-3-4-11(10-12)14-6-1-2-7-14/h3-5,10H,1-2,6-9H2. The van der Waals surface area contributed by atoms with Crippen LogP contribution in [0.25, 0.3) is 0 Å². The number of rotatable bonds is 2. The van der Waals surface area contributed by atoms with E-state index in [-0.39, 0.29) is 6.09 Å². The number of anilines is 2. The molecule has 0 aromatic heterocycles. The van der Waals surface area contributed by atoms with Crippen molar-refractivity contribution in [1.29, 1.82) is 0 Å². The molecule has 0 N–H and O–H groups in total. The number of benzene rings is 1. The number of hydrogen-bond acceptors (Lipinski definition) is 3. The van der Waals surface area contributed by atoms with Crippen molar-refractivity contribution in [2.24, 2.45) is 0 Å². The smallest absolute Gasteiger partial charge is 0.414 e. The summed E-state index contributed by atoms with van der Waals surface area (Å²) in [5, 5.41) is 0. The average Bonchev–Trinajstić information content (AvgIpc) is 2.99. The van der Waals surface area contributed by atoms with Crippen molar-refractivity contribution in [3.05, 3.63) is 24.3 Å². The largest absolute Gasteiger partial charge is 0.447 e. The highest BCUT2D eigenvalue weighted by Crippen LogP contribution is 2.26. The van der Waals surface area contributed by atoms with E-state index in [1.165, 1.54) is 18.5 Å². The van der Waals surface area contributed by atoms with Gasteiger partial charge >= 0.3 is 6.09 Å². The lowest BCUT2D eigenvalue weighted by molar-refractivity contribution is 0.181. The van der Waals surface area contributed by atoms with Crippen LogP contribution in [-0.4, -0.2) is 32.3 Å². The van der Waals surface area contributed by atoms with Gasteiger partial charge in [-0.1, -0.05) is 6.07 Å². The van der Waals surface area contributed by atoms with Gasteiger partial charge in [-0.15, -0.1) is 0 Å². The summed E-state index contributed by atoms with van der Waals surface area (Å²) in [5.41, 5.74) is 2.15. The lowest BCUT2D eigenvalue weighted by Gasteiger charge is -2.20. The Labute approximate surface area is 101 Å². The van der Waals surface area contributed by atoms with E-state index in [2.05, 4.69) is 17.0 Å². The van der Waals surface area contributed by atoms with Gasteiger partial charge in [-0.2, -0.15) is 0 Å². The molecule has 4 nitrogen and oxygen atoms in total. The monoisotopic (exact) mass is 232 g/mol. The van der Waals surface area contributed by atoms with Crippen molar-refractivity contribution in [3.8, 4) is 0 Å². The Morgan fingerprint density at radius 1 is 1.06 bits per heavy atom. The number of carbonyl (C=O) groups is 1. The molecule has 0 saturated carbocycles. The Kier molecular flexibility index (Phi) is 2.63. The van der Waals surface area contributed by atoms with E-state index in [1.807, 2.05) is 12.1 Å². The molecule has 2 heterocycles. The van der Waals surface area contributed by atoms with Gasteiger partial charge in [0.15, 0.2) is 0 Å². The van der Waals surface area contributed by atoms with Crippen molar-refractivity contribution >= 4 is 17.5 Å². The van der Waals surface area contributed by atoms with Crippen molar-refractivity contribution in [3.63, 3.8) is 0 Å². The first-order valence-corrected chi connectivity index (χ1v) is 6.14. The molecule has 90 valence electrons. The number of amides is 1. The normalized spacial score (nSPS) is 19.9. The minimum atomic E-state index is -0.233. The first-order valence-electron chi connectivity index (χ1n) is 6.14. The summed E-state index contributed by atoms with van der Waals surface area (Å²) in [6.07, 6.45) is 2.29. The van der Waals surface area contributed by atoms with Crippen LogP contribution in [0.15, 0.2) is 24.3 Å². The van der Waals surface area contributed by atoms with Gasteiger partial charge in [0.2, 0.25) is 0 Å². The highest BCUT2D eigenvalue weighted by Gasteiger charge is 2.24. The fourth-order valence-corrected chi connectivity index (χ4v) is 2.46. The minimum Gasteiger partial charge on any atom is -0.447 e. The van der Waals surface area contributed by atoms with Gasteiger partial charge in [-0.25, -0.2) is 4.79 Å². The molecule has 0 spiro atoms. The molecule has 0 aliphatic carbocycles. The molecule has 1 amide bonds. The van der Waals surface area contributed by atoms with Gasteiger partial charge in [0.1, 0.15) is 6.61 Å². The maximum atomic E-state index is 11.5. The van der Waals surface area contributed by atoms with Crippen LogP contribution >= 0.6 is 0 Å². The first-order chi connectivity index (χ1) is 8.34. The number of nitrogens with zero attached hydrogens (tertiary/aromatic N) is 2. The quantitative estimate of drug-likeness (QED) is 0.784. The summed E-state index contributed by atoms with van der Waals surface area (Å²) in [6, 6.07) is 8.16. The van der Waals surface area contributed by atoms with Crippen LogP contribution < -0.4 is 9.80 Å². The predicted molar refractivity (Wildman–Crippen MR) is 66.6 cm³/mol. The minimum absolute atomic E-state index is 0.233. The zero-order chi connectivity index (χ0) is 11.7. The molecule has 4 heteroatoms. The Hall–Kier alpha value is -1.71. The molecule has 0 radical (unpaired) electrons. The third-order valence-corrected chi connectivity index (χ3v) is 3.37. The van der Waals surface area contributed by atoms with Crippen LogP contribution in [0.2, 0.25) is 0 Å². The van der Waals surface area contributed by atoms with Crippen molar-refractivity contribution < 1.29 is 9.53 Å². The molecular weight excluding hydrogens is 216 g/mol. The molecule has 0 atom stereocenters. The maximum Gasteiger partial charge on any atom is 0.414 e. The van der Waals surface area contributed by atoms with Crippen LogP contribution in [0.4, 0.5) is 16.2 Å². The van der Waals surface area contributed by atoms with Crippen molar-refractivity contribution in [2.75, 3.05) is 36.0 Å². The van der Waals surface area contributed by atoms with Gasteiger partial charge in [0.25, 0.3) is 0 Å². The molecule has 2 saturated heterocycles. The maximum absolute atomic E-state index is 11.5. The molecule has 17 heavy (non-hydrogen) atoms. The van der Waals surface area contributed by atoms with Crippen molar-refractivity contribution in [2.45, 2.75) is 12.8 Å². The lowest BCUT2D eigenvalue weighted by Crippen LogP contribution is -2.24. The second kappa shape index (κ2) is 4.28. The molecule has 1 aromatic rings. The fraction of sp³-hybridized carbons (Fsp3) is 0.462. The first kappa shape index (κ1) is 10.4. The summed E-state index contributed by atoms with van der Waals surface area (Å²) in [7, 11) is 0. The topological polar surface area (TPSA) is 32.8 Å². The number of cyclic esters (lactones) is 1. The Bertz CT molecular complexity index is 427. The SMILES string of the molecule is O=C1OCCN1c1cccc(N2CCCC2)c1. The summed E-state index contributed by atoms with van der Waals surface area (Å²) in [4.78, 5) is 15.6. The third kappa shape index (κ3) is 1.95. The van der Waals surface area contributed by atoms with Gasteiger partial charge in [-0.05, 0) is 31.0 Å². The van der Waals surface area contributed by atoms with Crippen LogP contribution in [0.1, 0.15) is 12.8 Å². The van der Waals surface area contributed by atoms with Crippen LogP contribution in [0.3, 0.4) is 0 Å². The molecule has 3 rings (SSSR count). The van der Waals surface area contributed by atoms with Gasteiger partial charge < -0.3 is 9.64 Å². The van der Waals surface area contributed by atoms with Gasteiger partial charge in [0, 0.05) is 24.5 Å². The van der Waals surface area contributed by atoms with Gasteiger partial charge in [0.05, 0.1) is 6.54 Å². The van der Waals surface area contributed by atoms with E-state index in [0.717, 1.165) is 18.8 Å². The molecule has 2 aliphatic rings. The highest BCUT2D eigenvalue weighted by atomic mass is 16.6. The molecule has 2 aliphatic heterocycles. The van der Waals surface area contributed by atoms with E-state index in [4.69, 9.17) is 4.74 Å². The number of carbonyl (C=O) groups excluding carboxylic acids is 1. The number of ether oxygens (including phenoxy) is 1. The fourth-order valence-electron chi connectivity index (χ4n) is 2.46. The average molecular weight is 232 g/mol. The van der Waals surface area contributed by atoms with Crippen LogP contribution in [0, 0.1) is 0 Å². The second-order valence-electron chi connectivity index (χ2n) is 4.48. The third-order valence-electron chi connectivity index (χ3n) is 3.37. The molecule has 0 unspecified atom stereocenters. The summed E-state index contributed by atoms with van der Waals surface area (Å²) < 4.78 is 4.96. The molecule has 2 fully saturated rings. The van der Waals surface area contributed by atoms with Crippen LogP contribution in [0.5, 0.6) is 0 Å². The van der Waals surface area contributed by atoms with E-state index in [1.54, 1.807) is 4.90 Å². The molecular formula is C13H16N2O2. The van der Waals surface area contributed by atoms with E-state index < -0.39 is 0 Å². The Morgan fingerprint density at radius 3 is 2.53 bits per heavy atom. The highest BCUT2D eigenvalue weighted by molar-refractivity contribution is 5.90. The van der Waals surface area contributed by atoms with Gasteiger partial charge in [-0.3, -0.25) is 4.90 Å². The van der Waals surface area contributed by atoms with Crippen LogP contribution in [-0.2, 0) is 4.74 Å². The zero-order valence-electron chi connectivity index (χ0n) is 9.76. The van der Waals surface area contributed by atoms with E-state index in [9.17, 15) is 4.79 Å². The van der Waals surface area contributed by atoms with E-state index in [0.29, 0.717) is 13.2 Å². The molecule has 0 bridgehead atoms. The second-order valence-corrected chi connectivity index (χ2v) is 4.48. The van der Waals surface area contributed by atoms with Crippen molar-refractivity contribution in [1.82, 2.24) is 0 Å². The Balaban J connectivity index is 1.85. The zero-order valence-corrected chi connectivity index (χ0v) is 9.76. The summed E-state index contributed by atoms with van der Waals surface area (Å²) >= 11 is 0. The predicted octanol–water partition coefficient (Wildman–Crippen LogP) is 2.24. The Morgan fingerprint density at radius 2 is 1.82 bits per heavy atom. The summed E-state index contributed by atoms with van der Waals surface area (Å²) in [6.45, 7) is 3.39.